The Morgan fingerprint density at radius 2 is 2.31 bits per heavy atom. The van der Waals surface area contributed by atoms with Gasteiger partial charge in [-0.25, -0.2) is 4.39 Å². The Bertz CT molecular complexity index is 365. The third-order valence-corrected chi connectivity index (χ3v) is 3.19. The molecule has 88 valence electrons. The third kappa shape index (κ3) is 2.35. The summed E-state index contributed by atoms with van der Waals surface area (Å²) in [5, 5.41) is 3.45. The fourth-order valence-corrected chi connectivity index (χ4v) is 2.28. The molecule has 3 heteroatoms. The zero-order valence-corrected chi connectivity index (χ0v) is 9.96. The van der Waals surface area contributed by atoms with Gasteiger partial charge in [0.05, 0.1) is 0 Å². The average Bonchev–Trinajstić information content (AvgIpc) is 2.71. The topological polar surface area (TPSA) is 15.3 Å². The van der Waals surface area contributed by atoms with E-state index in [0.29, 0.717) is 6.04 Å². The van der Waals surface area contributed by atoms with Gasteiger partial charge in [0.1, 0.15) is 5.82 Å². The lowest BCUT2D eigenvalue weighted by molar-refractivity contribution is 0.572. The number of rotatable bonds is 3. The summed E-state index contributed by atoms with van der Waals surface area (Å²) in [5.74, 6) is -0.119. The van der Waals surface area contributed by atoms with Crippen molar-refractivity contribution in [3.8, 4) is 0 Å². The Morgan fingerprint density at radius 3 is 3.00 bits per heavy atom. The summed E-state index contributed by atoms with van der Waals surface area (Å²) >= 11 is 0. The van der Waals surface area contributed by atoms with Crippen molar-refractivity contribution in [2.45, 2.75) is 26.3 Å². The van der Waals surface area contributed by atoms with Gasteiger partial charge in [-0.2, -0.15) is 0 Å². The van der Waals surface area contributed by atoms with E-state index in [1.165, 1.54) is 6.42 Å². The van der Waals surface area contributed by atoms with Gasteiger partial charge in [-0.05, 0) is 43.7 Å². The van der Waals surface area contributed by atoms with Crippen LogP contribution in [0, 0.1) is 12.7 Å². The van der Waals surface area contributed by atoms with Crippen LogP contribution in [-0.4, -0.2) is 25.7 Å². The van der Waals surface area contributed by atoms with E-state index < -0.39 is 0 Å². The van der Waals surface area contributed by atoms with Gasteiger partial charge in [-0.3, -0.25) is 0 Å². The normalized spacial score (nSPS) is 20.4. The van der Waals surface area contributed by atoms with Crippen LogP contribution in [0.25, 0.3) is 0 Å². The molecule has 16 heavy (non-hydrogen) atoms. The number of benzene rings is 1. The monoisotopic (exact) mass is 222 g/mol. The van der Waals surface area contributed by atoms with Crippen LogP contribution in [-0.2, 0) is 0 Å². The number of halogens is 1. The molecule has 0 radical (unpaired) electrons. The molecular weight excluding hydrogens is 203 g/mol. The first-order chi connectivity index (χ1) is 7.70. The summed E-state index contributed by atoms with van der Waals surface area (Å²) in [6, 6.07) is 5.95. The molecule has 0 bridgehead atoms. The Hall–Kier alpha value is -1.09. The molecule has 1 atom stereocenters. The van der Waals surface area contributed by atoms with Crippen molar-refractivity contribution in [1.82, 2.24) is 5.32 Å². The first kappa shape index (κ1) is 11.4. The summed E-state index contributed by atoms with van der Waals surface area (Å²) < 4.78 is 13.2. The predicted octanol–water partition coefficient (Wildman–Crippen LogP) is 2.32. The summed E-state index contributed by atoms with van der Waals surface area (Å²) in [7, 11) is 0. The fraction of sp³-hybridized carbons (Fsp3) is 0.538. The van der Waals surface area contributed by atoms with E-state index >= 15 is 0 Å². The molecule has 1 aliphatic heterocycles. The van der Waals surface area contributed by atoms with Crippen LogP contribution < -0.4 is 10.2 Å². The SMILES string of the molecule is CCNC1CCN(c2ccc(F)c(C)c2)C1. The number of anilines is 1. The minimum Gasteiger partial charge on any atom is -0.370 e. The molecule has 1 fully saturated rings. The second-order valence-corrected chi connectivity index (χ2v) is 4.42. The number of hydrogen-bond acceptors (Lipinski definition) is 2. The number of nitrogens with zero attached hydrogens (tertiary/aromatic N) is 1. The Morgan fingerprint density at radius 1 is 1.50 bits per heavy atom. The van der Waals surface area contributed by atoms with Crippen LogP contribution in [0.3, 0.4) is 0 Å². The average molecular weight is 222 g/mol. The van der Waals surface area contributed by atoms with Gasteiger partial charge < -0.3 is 10.2 Å². The van der Waals surface area contributed by atoms with E-state index in [0.717, 1.165) is 30.9 Å². The molecule has 0 spiro atoms. The van der Waals surface area contributed by atoms with Crippen LogP contribution in [0.15, 0.2) is 18.2 Å². The Balaban J connectivity index is 2.05. The van der Waals surface area contributed by atoms with Gasteiger partial charge in [0.2, 0.25) is 0 Å². The second-order valence-electron chi connectivity index (χ2n) is 4.42. The molecular formula is C13H19FN2. The standard InChI is InChI=1S/C13H19FN2/c1-3-15-11-6-7-16(9-11)12-4-5-13(14)10(2)8-12/h4-5,8,11,15H,3,6-7,9H2,1-2H3. The van der Waals surface area contributed by atoms with E-state index in [-0.39, 0.29) is 5.82 Å². The molecule has 1 unspecified atom stereocenters. The molecule has 1 saturated heterocycles. The van der Waals surface area contributed by atoms with Gasteiger partial charge in [0.25, 0.3) is 0 Å². The van der Waals surface area contributed by atoms with Crippen LogP contribution >= 0.6 is 0 Å². The zero-order valence-electron chi connectivity index (χ0n) is 9.96. The fourth-order valence-electron chi connectivity index (χ4n) is 2.28. The quantitative estimate of drug-likeness (QED) is 0.844. The Kier molecular flexibility index (Phi) is 3.44. The highest BCUT2D eigenvalue weighted by molar-refractivity contribution is 5.49. The first-order valence-electron chi connectivity index (χ1n) is 5.95. The number of likely N-dealkylation sites (N-methyl/N-ethyl adjacent to an activating group) is 1. The highest BCUT2D eigenvalue weighted by Crippen LogP contribution is 2.22. The largest absolute Gasteiger partial charge is 0.370 e. The van der Waals surface area contributed by atoms with Gasteiger partial charge in [0.15, 0.2) is 0 Å². The molecule has 0 aromatic heterocycles. The minimum absolute atomic E-state index is 0.119. The molecule has 1 aromatic rings. The number of nitrogens with one attached hydrogen (secondary N) is 1. The molecule has 1 aliphatic rings. The highest BCUT2D eigenvalue weighted by Gasteiger charge is 2.21. The molecule has 1 heterocycles. The minimum atomic E-state index is -0.119. The molecule has 0 saturated carbocycles. The van der Waals surface area contributed by atoms with Crippen LogP contribution in [0.5, 0.6) is 0 Å². The van der Waals surface area contributed by atoms with Crippen molar-refractivity contribution >= 4 is 5.69 Å². The smallest absolute Gasteiger partial charge is 0.126 e. The van der Waals surface area contributed by atoms with E-state index in [9.17, 15) is 4.39 Å². The number of aryl methyl sites for hydroxylation is 1. The van der Waals surface area contributed by atoms with E-state index in [1.807, 2.05) is 19.1 Å². The molecule has 0 amide bonds. The predicted molar refractivity (Wildman–Crippen MR) is 65.4 cm³/mol. The summed E-state index contributed by atoms with van der Waals surface area (Å²) in [4.78, 5) is 2.32. The van der Waals surface area contributed by atoms with Gasteiger partial charge >= 0.3 is 0 Å². The first-order valence-corrected chi connectivity index (χ1v) is 5.95. The van der Waals surface area contributed by atoms with Crippen LogP contribution in [0.2, 0.25) is 0 Å². The molecule has 0 aliphatic carbocycles. The Labute approximate surface area is 96.5 Å². The van der Waals surface area contributed by atoms with Crippen LogP contribution in [0.1, 0.15) is 18.9 Å². The lowest BCUT2D eigenvalue weighted by Crippen LogP contribution is -2.32. The van der Waals surface area contributed by atoms with Gasteiger partial charge in [0, 0.05) is 24.8 Å². The van der Waals surface area contributed by atoms with E-state index in [2.05, 4.69) is 17.1 Å². The third-order valence-electron chi connectivity index (χ3n) is 3.19. The van der Waals surface area contributed by atoms with Crippen molar-refractivity contribution in [2.75, 3.05) is 24.5 Å². The van der Waals surface area contributed by atoms with E-state index in [4.69, 9.17) is 0 Å². The van der Waals surface area contributed by atoms with Crippen molar-refractivity contribution < 1.29 is 4.39 Å². The summed E-state index contributed by atoms with van der Waals surface area (Å²) in [5.41, 5.74) is 1.86. The van der Waals surface area contributed by atoms with Gasteiger partial charge in [-0.1, -0.05) is 6.92 Å². The molecule has 1 aromatic carbocycles. The maximum atomic E-state index is 13.2. The van der Waals surface area contributed by atoms with Crippen LogP contribution in [0.4, 0.5) is 10.1 Å². The van der Waals surface area contributed by atoms with Crippen molar-refractivity contribution in [3.63, 3.8) is 0 Å². The lowest BCUT2D eigenvalue weighted by Gasteiger charge is -2.19. The van der Waals surface area contributed by atoms with Crippen molar-refractivity contribution in [3.05, 3.63) is 29.6 Å². The van der Waals surface area contributed by atoms with Crippen molar-refractivity contribution in [1.29, 1.82) is 0 Å². The summed E-state index contributed by atoms with van der Waals surface area (Å²) in [6.45, 7) is 7.05. The maximum absolute atomic E-state index is 13.2. The second kappa shape index (κ2) is 4.83. The summed E-state index contributed by atoms with van der Waals surface area (Å²) in [6.07, 6.45) is 1.17. The van der Waals surface area contributed by atoms with Crippen molar-refractivity contribution in [2.24, 2.45) is 0 Å². The highest BCUT2D eigenvalue weighted by atomic mass is 19.1. The molecule has 2 rings (SSSR count). The molecule has 2 nitrogen and oxygen atoms in total. The van der Waals surface area contributed by atoms with Gasteiger partial charge in [-0.15, -0.1) is 0 Å². The lowest BCUT2D eigenvalue weighted by atomic mass is 10.2. The zero-order chi connectivity index (χ0) is 11.5. The molecule has 1 N–H and O–H groups in total. The maximum Gasteiger partial charge on any atom is 0.126 e. The number of hydrogen-bond donors (Lipinski definition) is 1. The van der Waals surface area contributed by atoms with E-state index in [1.54, 1.807) is 6.07 Å².